The lowest BCUT2D eigenvalue weighted by Gasteiger charge is -2.25. The van der Waals surface area contributed by atoms with Gasteiger partial charge in [-0.3, -0.25) is 0 Å². The van der Waals surface area contributed by atoms with E-state index >= 15 is 0 Å². The van der Waals surface area contributed by atoms with E-state index in [0.717, 1.165) is 12.2 Å². The maximum absolute atomic E-state index is 12.3. The van der Waals surface area contributed by atoms with Crippen LogP contribution in [-0.2, 0) is 14.8 Å². The van der Waals surface area contributed by atoms with Gasteiger partial charge in [0.05, 0.1) is 17.5 Å². The van der Waals surface area contributed by atoms with E-state index in [2.05, 4.69) is 4.72 Å². The van der Waals surface area contributed by atoms with E-state index in [1.54, 1.807) is 20.8 Å². The number of benzene rings is 1. The normalized spacial score (nSPS) is 21.1. The molecule has 1 heterocycles. The van der Waals surface area contributed by atoms with E-state index in [9.17, 15) is 8.42 Å². The first-order valence-corrected chi connectivity index (χ1v) is 7.96. The smallest absolute Gasteiger partial charge is 0.217 e. The minimum absolute atomic E-state index is 0.174. The number of sulfonamides is 1. The fraction of sp³-hybridized carbons (Fsp3) is 0.571. The number of rotatable bonds is 5. The molecule has 0 amide bonds. The van der Waals surface area contributed by atoms with Crippen molar-refractivity contribution in [3.63, 3.8) is 0 Å². The maximum Gasteiger partial charge on any atom is 0.217 e. The average molecular weight is 283 g/mol. The molecule has 1 fully saturated rings. The lowest BCUT2D eigenvalue weighted by atomic mass is 10.0. The molecule has 4 nitrogen and oxygen atoms in total. The first-order chi connectivity index (χ1) is 8.79. The molecule has 1 saturated heterocycles. The third-order valence-electron chi connectivity index (χ3n) is 3.21. The molecule has 106 valence electrons. The van der Waals surface area contributed by atoms with Crippen molar-refractivity contribution in [1.29, 1.82) is 0 Å². The van der Waals surface area contributed by atoms with Crippen LogP contribution in [0.25, 0.3) is 0 Å². The van der Waals surface area contributed by atoms with E-state index < -0.39 is 14.8 Å². The lowest BCUT2D eigenvalue weighted by Crippen LogP contribution is -2.41. The fourth-order valence-electron chi connectivity index (χ4n) is 1.77. The molecule has 1 aromatic carbocycles. The van der Waals surface area contributed by atoms with E-state index in [1.807, 2.05) is 30.3 Å². The second kappa shape index (κ2) is 5.23. The third kappa shape index (κ3) is 3.78. The summed E-state index contributed by atoms with van der Waals surface area (Å²) in [6, 6.07) is 9.42. The van der Waals surface area contributed by atoms with Crippen LogP contribution in [0.1, 0.15) is 38.8 Å². The average Bonchev–Trinajstić information content (AvgIpc) is 3.11. The zero-order valence-electron chi connectivity index (χ0n) is 11.6. The van der Waals surface area contributed by atoms with Gasteiger partial charge < -0.3 is 4.74 Å². The standard InChI is InChI=1S/C14H21NO3S/c1-14(2,3)19(16,17)15-13(9-12-10-18-12)11-7-5-4-6-8-11/h4-8,12-13,15H,9-10H2,1-3H3/t12-,13-/m1/s1. The monoisotopic (exact) mass is 283 g/mol. The van der Waals surface area contributed by atoms with Gasteiger partial charge in [-0.25, -0.2) is 13.1 Å². The van der Waals surface area contributed by atoms with Crippen LogP contribution < -0.4 is 4.72 Å². The molecule has 1 aliphatic rings. The molecular formula is C14H21NO3S. The summed E-state index contributed by atoms with van der Waals surface area (Å²) >= 11 is 0. The van der Waals surface area contributed by atoms with Gasteiger partial charge in [-0.15, -0.1) is 0 Å². The van der Waals surface area contributed by atoms with Crippen LogP contribution in [0, 0.1) is 0 Å². The van der Waals surface area contributed by atoms with Crippen LogP contribution >= 0.6 is 0 Å². The summed E-state index contributed by atoms with van der Waals surface area (Å²) in [5.74, 6) is 0. The molecule has 0 aliphatic carbocycles. The molecule has 1 aromatic rings. The molecule has 1 aliphatic heterocycles. The Labute approximate surface area is 115 Å². The van der Waals surface area contributed by atoms with Crippen molar-refractivity contribution < 1.29 is 13.2 Å². The zero-order valence-corrected chi connectivity index (χ0v) is 12.4. The number of hydrogen-bond donors (Lipinski definition) is 1. The minimum atomic E-state index is -3.37. The Morgan fingerprint density at radius 1 is 1.32 bits per heavy atom. The van der Waals surface area contributed by atoms with E-state index in [1.165, 1.54) is 0 Å². The highest BCUT2D eigenvalue weighted by molar-refractivity contribution is 7.90. The van der Waals surface area contributed by atoms with Crippen LogP contribution in [0.5, 0.6) is 0 Å². The molecule has 5 heteroatoms. The molecular weight excluding hydrogens is 262 g/mol. The van der Waals surface area contributed by atoms with E-state index in [-0.39, 0.29) is 12.1 Å². The SMILES string of the molecule is CC(C)(C)S(=O)(=O)N[C@H](C[C@@H]1CO1)c1ccccc1. The number of epoxide rings is 1. The predicted molar refractivity (Wildman–Crippen MR) is 75.3 cm³/mol. The van der Waals surface area contributed by atoms with Crippen molar-refractivity contribution in [1.82, 2.24) is 4.72 Å². The second-order valence-electron chi connectivity index (χ2n) is 5.89. The summed E-state index contributed by atoms with van der Waals surface area (Å²) < 4.78 is 31.8. The Kier molecular flexibility index (Phi) is 3.99. The van der Waals surface area contributed by atoms with Gasteiger partial charge in [-0.2, -0.15) is 0 Å². The first kappa shape index (κ1) is 14.5. The predicted octanol–water partition coefficient (Wildman–Crippen LogP) is 2.23. The van der Waals surface area contributed by atoms with Crippen molar-refractivity contribution in [2.75, 3.05) is 6.61 Å². The molecule has 0 aromatic heterocycles. The Hall–Kier alpha value is -0.910. The van der Waals surface area contributed by atoms with Crippen molar-refractivity contribution in [2.45, 2.75) is 44.1 Å². The van der Waals surface area contributed by atoms with Gasteiger partial charge in [0.25, 0.3) is 0 Å². The maximum atomic E-state index is 12.3. The van der Waals surface area contributed by atoms with Gasteiger partial charge >= 0.3 is 0 Å². The molecule has 0 saturated carbocycles. The molecule has 2 rings (SSSR count). The molecule has 0 spiro atoms. The van der Waals surface area contributed by atoms with Gasteiger partial charge in [-0.1, -0.05) is 30.3 Å². The van der Waals surface area contributed by atoms with Crippen LogP contribution in [0.2, 0.25) is 0 Å². The highest BCUT2D eigenvalue weighted by Gasteiger charge is 2.34. The molecule has 19 heavy (non-hydrogen) atoms. The molecule has 2 atom stereocenters. The largest absolute Gasteiger partial charge is 0.373 e. The number of hydrogen-bond acceptors (Lipinski definition) is 3. The highest BCUT2D eigenvalue weighted by atomic mass is 32.2. The van der Waals surface area contributed by atoms with Crippen LogP contribution in [-0.4, -0.2) is 25.9 Å². The zero-order chi connectivity index (χ0) is 14.1. The topological polar surface area (TPSA) is 58.7 Å². The van der Waals surface area contributed by atoms with Crippen molar-refractivity contribution in [3.05, 3.63) is 35.9 Å². The highest BCUT2D eigenvalue weighted by Crippen LogP contribution is 2.28. The molecule has 0 bridgehead atoms. The summed E-state index contributed by atoms with van der Waals surface area (Å²) in [5.41, 5.74) is 0.978. The van der Waals surface area contributed by atoms with Gasteiger partial charge in [0.1, 0.15) is 0 Å². The first-order valence-electron chi connectivity index (χ1n) is 6.48. The quantitative estimate of drug-likeness (QED) is 0.843. The number of nitrogens with one attached hydrogen (secondary N) is 1. The Morgan fingerprint density at radius 2 is 1.89 bits per heavy atom. The van der Waals surface area contributed by atoms with Gasteiger partial charge in [0.2, 0.25) is 10.0 Å². The summed E-state index contributed by atoms with van der Waals surface area (Å²) in [6.07, 6.45) is 0.854. The summed E-state index contributed by atoms with van der Waals surface area (Å²) in [6.45, 7) is 5.82. The third-order valence-corrected chi connectivity index (χ3v) is 5.41. The second-order valence-corrected chi connectivity index (χ2v) is 8.36. The summed E-state index contributed by atoms with van der Waals surface area (Å²) in [5, 5.41) is 0. The Balaban J connectivity index is 2.19. The summed E-state index contributed by atoms with van der Waals surface area (Å²) in [7, 11) is -3.37. The van der Waals surface area contributed by atoms with Crippen molar-refractivity contribution in [3.8, 4) is 0 Å². The van der Waals surface area contributed by atoms with Crippen LogP contribution in [0.3, 0.4) is 0 Å². The van der Waals surface area contributed by atoms with Crippen molar-refractivity contribution >= 4 is 10.0 Å². The van der Waals surface area contributed by atoms with Gasteiger partial charge in [0, 0.05) is 6.04 Å². The molecule has 1 N–H and O–H groups in total. The molecule has 0 unspecified atom stereocenters. The van der Waals surface area contributed by atoms with Crippen LogP contribution in [0.4, 0.5) is 0 Å². The van der Waals surface area contributed by atoms with E-state index in [4.69, 9.17) is 4.74 Å². The Morgan fingerprint density at radius 3 is 2.37 bits per heavy atom. The fourth-order valence-corrected chi connectivity index (χ4v) is 2.73. The number of ether oxygens (including phenoxy) is 1. The molecule has 0 radical (unpaired) electrons. The minimum Gasteiger partial charge on any atom is -0.373 e. The lowest BCUT2D eigenvalue weighted by molar-refractivity contribution is 0.374. The van der Waals surface area contributed by atoms with Crippen LogP contribution in [0.15, 0.2) is 30.3 Å². The van der Waals surface area contributed by atoms with Gasteiger partial charge in [0.15, 0.2) is 0 Å². The van der Waals surface area contributed by atoms with Crippen molar-refractivity contribution in [2.24, 2.45) is 0 Å². The van der Waals surface area contributed by atoms with E-state index in [0.29, 0.717) is 6.42 Å². The summed E-state index contributed by atoms with van der Waals surface area (Å²) in [4.78, 5) is 0. The Bertz CT molecular complexity index is 515. The van der Waals surface area contributed by atoms with Gasteiger partial charge in [-0.05, 0) is 32.8 Å².